The van der Waals surface area contributed by atoms with Crippen LogP contribution in [0.5, 0.6) is 5.75 Å². The third-order valence-corrected chi connectivity index (χ3v) is 4.71. The Labute approximate surface area is 179 Å². The maximum atomic E-state index is 13.9. The van der Waals surface area contributed by atoms with Gasteiger partial charge in [-0.1, -0.05) is 0 Å². The van der Waals surface area contributed by atoms with Crippen molar-refractivity contribution in [2.75, 3.05) is 17.3 Å². The lowest BCUT2D eigenvalue weighted by Gasteiger charge is -2.23. The number of alkyl halides is 2. The molecule has 2 heterocycles. The second kappa shape index (κ2) is 8.25. The van der Waals surface area contributed by atoms with Crippen molar-refractivity contribution in [3.05, 3.63) is 64.0 Å². The van der Waals surface area contributed by atoms with E-state index in [1.165, 1.54) is 19.4 Å². The first-order valence-electron chi connectivity index (χ1n) is 9.41. The van der Waals surface area contributed by atoms with Crippen LogP contribution in [0, 0.1) is 19.7 Å². The summed E-state index contributed by atoms with van der Waals surface area (Å²) in [6.45, 7) is 0.416. The summed E-state index contributed by atoms with van der Waals surface area (Å²) in [4.78, 5) is 22.8. The first-order valence-corrected chi connectivity index (χ1v) is 9.41. The lowest BCUT2D eigenvalue weighted by atomic mass is 10.2. The number of halogens is 3. The van der Waals surface area contributed by atoms with Gasteiger partial charge in [-0.2, -0.15) is 13.8 Å². The molecule has 2 aromatic carbocycles. The molecule has 4 aromatic rings. The number of anilines is 4. The van der Waals surface area contributed by atoms with E-state index in [0.29, 0.717) is 32.8 Å². The molecule has 0 aliphatic heterocycles. The number of benzene rings is 2. The van der Waals surface area contributed by atoms with Crippen molar-refractivity contribution < 1.29 is 22.3 Å². The topological polar surface area (TPSA) is 96.3 Å². The minimum Gasteiger partial charge on any atom is -0.497 e. The van der Waals surface area contributed by atoms with Crippen LogP contribution in [0.1, 0.15) is 11.1 Å². The number of H-pyrrole nitrogens is 1. The molecule has 0 radical (unpaired) electrons. The van der Waals surface area contributed by atoms with Crippen LogP contribution in [0.4, 0.5) is 36.3 Å². The fraction of sp³-hybridized carbons (Fsp3) is 0.190. The summed E-state index contributed by atoms with van der Waals surface area (Å²) in [5.74, 6) is -1.33. The molecule has 0 aliphatic rings. The van der Waals surface area contributed by atoms with E-state index in [9.17, 15) is 18.0 Å². The number of ether oxygens (including phenoxy) is 1. The molecular formula is C21H18F3N5O3. The Morgan fingerprint density at radius 1 is 1.16 bits per heavy atom. The van der Waals surface area contributed by atoms with Gasteiger partial charge in [0, 0.05) is 29.6 Å². The molecule has 32 heavy (non-hydrogen) atoms. The average molecular weight is 445 g/mol. The monoisotopic (exact) mass is 445 g/mol. The molecule has 0 atom stereocenters. The van der Waals surface area contributed by atoms with Crippen molar-refractivity contribution in [2.24, 2.45) is 0 Å². The summed E-state index contributed by atoms with van der Waals surface area (Å²) >= 11 is 0. The van der Waals surface area contributed by atoms with Crippen LogP contribution in [0.15, 0.2) is 45.7 Å². The Bertz CT molecular complexity index is 1350. The standard InChI is InChI=1S/C21H18F3N5O3/c1-10-4-13(7-16-17(10)32-21(30)27-16)26-18-11(2)9-25-20(28-18)29(19(23)24)14-5-12(22)6-15(8-14)31-3/h4-9,19H,1-3H3,(H,27,30)(H,25,26,28). The Hall–Kier alpha value is -4.02. The van der Waals surface area contributed by atoms with Crippen molar-refractivity contribution >= 4 is 34.2 Å². The number of methoxy groups -OCH3 is 1. The van der Waals surface area contributed by atoms with Gasteiger partial charge >= 0.3 is 12.3 Å². The van der Waals surface area contributed by atoms with Crippen molar-refractivity contribution in [2.45, 2.75) is 20.4 Å². The first kappa shape index (κ1) is 21.2. The number of aryl methyl sites for hydroxylation is 2. The van der Waals surface area contributed by atoms with Crippen LogP contribution in [0.25, 0.3) is 11.1 Å². The summed E-state index contributed by atoms with van der Waals surface area (Å²) in [7, 11) is 1.31. The second-order valence-electron chi connectivity index (χ2n) is 7.01. The molecule has 2 aromatic heterocycles. The highest BCUT2D eigenvalue weighted by Crippen LogP contribution is 2.32. The number of aromatic nitrogens is 3. The highest BCUT2D eigenvalue weighted by molar-refractivity contribution is 5.81. The number of fused-ring (bicyclic) bond motifs is 1. The van der Waals surface area contributed by atoms with Gasteiger partial charge in [0.2, 0.25) is 5.95 Å². The molecule has 0 saturated heterocycles. The van der Waals surface area contributed by atoms with E-state index in [1.807, 2.05) is 0 Å². The van der Waals surface area contributed by atoms with E-state index >= 15 is 0 Å². The van der Waals surface area contributed by atoms with Crippen LogP contribution in [0.3, 0.4) is 0 Å². The number of nitrogens with one attached hydrogen (secondary N) is 2. The van der Waals surface area contributed by atoms with E-state index < -0.39 is 18.1 Å². The zero-order valence-electron chi connectivity index (χ0n) is 17.2. The van der Waals surface area contributed by atoms with Gasteiger partial charge in [0.1, 0.15) is 17.4 Å². The van der Waals surface area contributed by atoms with Crippen LogP contribution in [-0.4, -0.2) is 28.6 Å². The summed E-state index contributed by atoms with van der Waals surface area (Å²) in [5, 5.41) is 3.05. The third-order valence-electron chi connectivity index (χ3n) is 4.71. The van der Waals surface area contributed by atoms with Gasteiger partial charge < -0.3 is 14.5 Å². The summed E-state index contributed by atoms with van der Waals surface area (Å²) in [5.41, 5.74) is 2.56. The summed E-state index contributed by atoms with van der Waals surface area (Å²) < 4.78 is 51.9. The zero-order valence-corrected chi connectivity index (χ0v) is 17.2. The number of hydrogen-bond acceptors (Lipinski definition) is 7. The zero-order chi connectivity index (χ0) is 23.0. The number of oxazole rings is 1. The first-order chi connectivity index (χ1) is 15.2. The average Bonchev–Trinajstić information content (AvgIpc) is 3.10. The van der Waals surface area contributed by atoms with Gasteiger partial charge in [-0.15, -0.1) is 0 Å². The van der Waals surface area contributed by atoms with E-state index in [1.54, 1.807) is 26.0 Å². The highest BCUT2D eigenvalue weighted by Gasteiger charge is 2.24. The Balaban J connectivity index is 1.74. The fourth-order valence-electron chi connectivity index (χ4n) is 3.23. The summed E-state index contributed by atoms with van der Waals surface area (Å²) in [6, 6.07) is 6.64. The van der Waals surface area contributed by atoms with Crippen molar-refractivity contribution in [1.29, 1.82) is 0 Å². The minimum atomic E-state index is -3.05. The maximum Gasteiger partial charge on any atom is 0.417 e. The number of nitrogens with zero attached hydrogens (tertiary/aromatic N) is 3. The molecule has 2 N–H and O–H groups in total. The van der Waals surface area contributed by atoms with Gasteiger partial charge in [-0.3, -0.25) is 9.88 Å². The van der Waals surface area contributed by atoms with E-state index in [-0.39, 0.29) is 23.2 Å². The largest absolute Gasteiger partial charge is 0.497 e. The summed E-state index contributed by atoms with van der Waals surface area (Å²) in [6.07, 6.45) is 1.38. The number of hydrogen-bond donors (Lipinski definition) is 2. The van der Waals surface area contributed by atoms with Crippen LogP contribution < -0.4 is 20.7 Å². The predicted molar refractivity (Wildman–Crippen MR) is 113 cm³/mol. The minimum absolute atomic E-state index is 0.0778. The molecule has 0 saturated carbocycles. The van der Waals surface area contributed by atoms with Gasteiger partial charge in [-0.05, 0) is 37.6 Å². The fourth-order valence-corrected chi connectivity index (χ4v) is 3.23. The molecular weight excluding hydrogens is 427 g/mol. The lowest BCUT2D eigenvalue weighted by Crippen LogP contribution is -2.25. The quantitative estimate of drug-likeness (QED) is 0.412. The second-order valence-corrected chi connectivity index (χ2v) is 7.01. The van der Waals surface area contributed by atoms with Gasteiger partial charge in [-0.25, -0.2) is 14.2 Å². The van der Waals surface area contributed by atoms with Crippen LogP contribution in [0.2, 0.25) is 0 Å². The molecule has 0 unspecified atom stereocenters. The van der Waals surface area contributed by atoms with Gasteiger partial charge in [0.25, 0.3) is 0 Å². The predicted octanol–water partition coefficient (Wildman–Crippen LogP) is 4.78. The van der Waals surface area contributed by atoms with E-state index in [2.05, 4.69) is 20.3 Å². The highest BCUT2D eigenvalue weighted by atomic mass is 19.3. The smallest absolute Gasteiger partial charge is 0.417 e. The molecule has 166 valence electrons. The normalized spacial score (nSPS) is 11.2. The number of rotatable bonds is 6. The van der Waals surface area contributed by atoms with Gasteiger partial charge in [0.15, 0.2) is 5.58 Å². The van der Waals surface area contributed by atoms with Crippen LogP contribution >= 0.6 is 0 Å². The van der Waals surface area contributed by atoms with E-state index in [4.69, 9.17) is 9.15 Å². The van der Waals surface area contributed by atoms with Crippen molar-refractivity contribution in [1.82, 2.24) is 15.0 Å². The maximum absolute atomic E-state index is 13.9. The molecule has 0 spiro atoms. The SMILES string of the molecule is COc1cc(F)cc(N(c2ncc(C)c(Nc3cc(C)c4oc(=O)[nH]c4c3)n2)C(F)F)c1. The van der Waals surface area contributed by atoms with Crippen LogP contribution in [-0.2, 0) is 0 Å². The van der Waals surface area contributed by atoms with E-state index in [0.717, 1.165) is 12.1 Å². The number of aromatic amines is 1. The molecule has 0 amide bonds. The molecule has 4 rings (SSSR count). The lowest BCUT2D eigenvalue weighted by molar-refractivity contribution is 0.154. The third kappa shape index (κ3) is 4.09. The van der Waals surface area contributed by atoms with Crippen molar-refractivity contribution in [3.63, 3.8) is 0 Å². The molecule has 0 fully saturated rings. The molecule has 0 aliphatic carbocycles. The Morgan fingerprint density at radius 2 is 1.94 bits per heavy atom. The Morgan fingerprint density at radius 3 is 2.66 bits per heavy atom. The molecule has 8 nitrogen and oxygen atoms in total. The Kier molecular flexibility index (Phi) is 5.47. The molecule has 11 heteroatoms. The van der Waals surface area contributed by atoms with Crippen molar-refractivity contribution in [3.8, 4) is 5.75 Å². The van der Waals surface area contributed by atoms with Gasteiger partial charge in [0.05, 0.1) is 18.3 Å². The molecule has 0 bridgehead atoms.